The molecular formula is C26H29ClN2O2. The van der Waals surface area contributed by atoms with E-state index in [0.29, 0.717) is 5.56 Å². The van der Waals surface area contributed by atoms with Crippen LogP contribution >= 0.6 is 11.6 Å². The topological polar surface area (TPSA) is 41.6 Å². The van der Waals surface area contributed by atoms with Gasteiger partial charge in [0.15, 0.2) is 0 Å². The van der Waals surface area contributed by atoms with Crippen molar-refractivity contribution in [2.24, 2.45) is 0 Å². The van der Waals surface area contributed by atoms with E-state index in [2.05, 4.69) is 24.3 Å². The molecule has 0 atom stereocenters. The highest BCUT2D eigenvalue weighted by Gasteiger charge is 2.11. The number of hydrogen-bond acceptors (Lipinski definition) is 3. The fourth-order valence-corrected chi connectivity index (χ4v) is 3.84. The van der Waals surface area contributed by atoms with Gasteiger partial charge < -0.3 is 15.0 Å². The number of ether oxygens (including phenoxy) is 1. The molecule has 31 heavy (non-hydrogen) atoms. The first-order chi connectivity index (χ1) is 14.9. The van der Waals surface area contributed by atoms with Crippen LogP contribution in [0.2, 0.25) is 5.02 Å². The summed E-state index contributed by atoms with van der Waals surface area (Å²) in [6, 6.07) is 19.3. The van der Waals surface area contributed by atoms with Crippen molar-refractivity contribution >= 4 is 23.2 Å². The Bertz CT molecular complexity index is 1050. The third kappa shape index (κ3) is 6.09. The molecule has 0 unspecified atom stereocenters. The highest BCUT2D eigenvalue weighted by atomic mass is 35.5. The smallest absolute Gasteiger partial charge is 0.255 e. The Hall–Kier alpha value is -2.82. The second kappa shape index (κ2) is 10.5. The predicted molar refractivity (Wildman–Crippen MR) is 129 cm³/mol. The van der Waals surface area contributed by atoms with Gasteiger partial charge in [-0.3, -0.25) is 4.79 Å². The number of carbonyl (C=O) groups excluding carboxylic acids is 1. The highest BCUT2D eigenvalue weighted by molar-refractivity contribution is 6.33. The van der Waals surface area contributed by atoms with Crippen LogP contribution in [0.25, 0.3) is 11.1 Å². The summed E-state index contributed by atoms with van der Waals surface area (Å²) in [5.41, 5.74) is 5.51. The summed E-state index contributed by atoms with van der Waals surface area (Å²) in [5, 5.41) is 3.70. The van der Waals surface area contributed by atoms with Crippen LogP contribution in [0.5, 0.6) is 5.75 Å². The number of benzene rings is 3. The zero-order valence-corrected chi connectivity index (χ0v) is 19.3. The van der Waals surface area contributed by atoms with E-state index < -0.39 is 0 Å². The summed E-state index contributed by atoms with van der Waals surface area (Å²) >= 11 is 6.38. The molecule has 162 valence electrons. The molecule has 0 aromatic heterocycles. The van der Waals surface area contributed by atoms with Crippen molar-refractivity contribution in [1.29, 1.82) is 0 Å². The minimum absolute atomic E-state index is 0.141. The van der Waals surface area contributed by atoms with Crippen molar-refractivity contribution in [3.05, 3.63) is 82.4 Å². The number of nitrogens with one attached hydrogen (secondary N) is 1. The first-order valence-electron chi connectivity index (χ1n) is 10.4. The lowest BCUT2D eigenvalue weighted by Crippen LogP contribution is -2.14. The van der Waals surface area contributed by atoms with Crippen molar-refractivity contribution in [3.8, 4) is 16.9 Å². The van der Waals surface area contributed by atoms with E-state index in [1.807, 2.05) is 61.5 Å². The van der Waals surface area contributed by atoms with Gasteiger partial charge in [-0.1, -0.05) is 35.9 Å². The minimum Gasteiger partial charge on any atom is -0.496 e. The molecule has 0 aliphatic carbocycles. The second-order valence-corrected chi connectivity index (χ2v) is 8.36. The van der Waals surface area contributed by atoms with Gasteiger partial charge >= 0.3 is 0 Å². The average molecular weight is 437 g/mol. The lowest BCUT2D eigenvalue weighted by atomic mass is 10.0. The second-order valence-electron chi connectivity index (χ2n) is 7.95. The Balaban J connectivity index is 1.72. The Morgan fingerprint density at radius 1 is 1.03 bits per heavy atom. The molecule has 3 rings (SSSR count). The van der Waals surface area contributed by atoms with Gasteiger partial charge in [0.05, 0.1) is 7.11 Å². The number of methoxy groups -OCH3 is 1. The maximum absolute atomic E-state index is 12.8. The van der Waals surface area contributed by atoms with Crippen molar-refractivity contribution in [1.82, 2.24) is 4.90 Å². The van der Waals surface area contributed by atoms with Crippen molar-refractivity contribution in [2.45, 2.75) is 19.8 Å². The van der Waals surface area contributed by atoms with Crippen LogP contribution in [0, 0.1) is 6.92 Å². The third-order valence-corrected chi connectivity index (χ3v) is 5.49. The molecule has 0 radical (unpaired) electrons. The number of halogens is 1. The van der Waals surface area contributed by atoms with Gasteiger partial charge in [0.1, 0.15) is 5.75 Å². The summed E-state index contributed by atoms with van der Waals surface area (Å²) in [5.74, 6) is 0.673. The Morgan fingerprint density at radius 2 is 1.77 bits per heavy atom. The van der Waals surface area contributed by atoms with Gasteiger partial charge in [0, 0.05) is 21.8 Å². The van der Waals surface area contributed by atoms with Crippen LogP contribution in [0.4, 0.5) is 5.69 Å². The molecule has 0 bridgehead atoms. The first-order valence-corrected chi connectivity index (χ1v) is 10.7. The summed E-state index contributed by atoms with van der Waals surface area (Å²) in [6.45, 7) is 3.00. The molecule has 5 heteroatoms. The molecule has 3 aromatic rings. The number of nitrogens with zero attached hydrogens (tertiary/aromatic N) is 1. The van der Waals surface area contributed by atoms with Gasteiger partial charge in [-0.15, -0.1) is 0 Å². The molecule has 0 heterocycles. The summed E-state index contributed by atoms with van der Waals surface area (Å²) < 4.78 is 5.47. The monoisotopic (exact) mass is 436 g/mol. The van der Waals surface area contributed by atoms with E-state index in [-0.39, 0.29) is 5.91 Å². The molecule has 3 aromatic carbocycles. The van der Waals surface area contributed by atoms with Gasteiger partial charge in [0.25, 0.3) is 5.91 Å². The quantitative estimate of drug-likeness (QED) is 0.466. The molecule has 1 N–H and O–H groups in total. The van der Waals surface area contributed by atoms with Crippen LogP contribution in [0.3, 0.4) is 0 Å². The molecule has 1 amide bonds. The fraction of sp³-hybridized carbons (Fsp3) is 0.269. The SMILES string of the molecule is COc1ccc(C(=O)Nc2ccc(-c3ccc(C)cc3Cl)cc2)cc1CCCN(C)C. The van der Waals surface area contributed by atoms with Crippen LogP contribution in [-0.2, 0) is 6.42 Å². The zero-order chi connectivity index (χ0) is 22.4. The molecule has 0 spiro atoms. The lowest BCUT2D eigenvalue weighted by Gasteiger charge is -2.13. The minimum atomic E-state index is -0.141. The Kier molecular flexibility index (Phi) is 7.72. The number of carbonyl (C=O) groups is 1. The zero-order valence-electron chi connectivity index (χ0n) is 18.5. The van der Waals surface area contributed by atoms with Crippen LogP contribution in [0.1, 0.15) is 27.9 Å². The van der Waals surface area contributed by atoms with Crippen LogP contribution in [-0.4, -0.2) is 38.6 Å². The van der Waals surface area contributed by atoms with Gasteiger partial charge in [0.2, 0.25) is 0 Å². The lowest BCUT2D eigenvalue weighted by molar-refractivity contribution is 0.102. The number of amides is 1. The number of rotatable bonds is 8. The van der Waals surface area contributed by atoms with Crippen molar-refractivity contribution in [2.75, 3.05) is 33.1 Å². The normalized spacial score (nSPS) is 10.9. The summed E-state index contributed by atoms with van der Waals surface area (Å²) in [4.78, 5) is 15.0. The van der Waals surface area contributed by atoms with E-state index in [0.717, 1.165) is 58.1 Å². The number of hydrogen-bond donors (Lipinski definition) is 1. The largest absolute Gasteiger partial charge is 0.496 e. The highest BCUT2D eigenvalue weighted by Crippen LogP contribution is 2.30. The molecule has 4 nitrogen and oxygen atoms in total. The van der Waals surface area contributed by atoms with Crippen LogP contribution < -0.4 is 10.1 Å². The van der Waals surface area contributed by atoms with E-state index in [4.69, 9.17) is 16.3 Å². The van der Waals surface area contributed by atoms with E-state index in [9.17, 15) is 4.79 Å². The molecule has 0 aliphatic heterocycles. The first kappa shape index (κ1) is 22.9. The third-order valence-electron chi connectivity index (χ3n) is 5.17. The van der Waals surface area contributed by atoms with E-state index in [1.165, 1.54) is 0 Å². The molecule has 0 fully saturated rings. The Labute approximate surface area is 189 Å². The van der Waals surface area contributed by atoms with Gasteiger partial charge in [-0.25, -0.2) is 0 Å². The summed E-state index contributed by atoms with van der Waals surface area (Å²) in [6.07, 6.45) is 1.85. The van der Waals surface area contributed by atoms with Crippen molar-refractivity contribution < 1.29 is 9.53 Å². The number of aryl methyl sites for hydroxylation is 2. The van der Waals surface area contributed by atoms with Crippen molar-refractivity contribution in [3.63, 3.8) is 0 Å². The summed E-state index contributed by atoms with van der Waals surface area (Å²) in [7, 11) is 5.77. The van der Waals surface area contributed by atoms with Gasteiger partial charge in [-0.2, -0.15) is 0 Å². The van der Waals surface area contributed by atoms with Gasteiger partial charge in [-0.05, 0) is 93.5 Å². The van der Waals surface area contributed by atoms with E-state index >= 15 is 0 Å². The maximum Gasteiger partial charge on any atom is 0.255 e. The standard InChI is InChI=1S/C26H29ClN2O2/c1-18-7-13-23(24(27)16-18)19-8-11-22(12-9-19)28-26(30)21-10-14-25(31-4)20(17-21)6-5-15-29(2)3/h7-14,16-17H,5-6,15H2,1-4H3,(H,28,30). The maximum atomic E-state index is 12.8. The predicted octanol–water partition coefficient (Wildman–Crippen LogP) is 6.07. The average Bonchev–Trinajstić information content (AvgIpc) is 2.74. The molecule has 0 saturated carbocycles. The number of anilines is 1. The molecule has 0 aliphatic rings. The fourth-order valence-electron chi connectivity index (χ4n) is 3.49. The molecule has 0 saturated heterocycles. The van der Waals surface area contributed by atoms with Crippen LogP contribution in [0.15, 0.2) is 60.7 Å². The molecular weight excluding hydrogens is 408 g/mol. The van der Waals surface area contributed by atoms with E-state index in [1.54, 1.807) is 13.2 Å². The Morgan fingerprint density at radius 3 is 2.42 bits per heavy atom.